The van der Waals surface area contributed by atoms with Crippen molar-refractivity contribution < 1.29 is 24.5 Å². The van der Waals surface area contributed by atoms with E-state index in [1.807, 2.05) is 56.3 Å². The van der Waals surface area contributed by atoms with E-state index in [1.165, 1.54) is 0 Å². The SMILES string of the molecule is Cc1ccc2c(N3CC[C@@H](N)C3)nc(-c3ccccc3O)nc2c1.Cc1ccc2c(N3CC[C@@H](NC(=O)OCC4CCCCO4)C3)nc(-c3ccccc3O)nc2c1. The number of hydrogen-bond acceptors (Lipinski definition) is 12. The van der Waals surface area contributed by atoms with Crippen molar-refractivity contribution in [1.29, 1.82) is 0 Å². The molecule has 5 heterocycles. The lowest BCUT2D eigenvalue weighted by Crippen LogP contribution is -2.39. The average Bonchev–Trinajstić information content (AvgIpc) is 3.89. The normalized spacial score (nSPS) is 19.3. The van der Waals surface area contributed by atoms with Crippen LogP contribution in [0.1, 0.15) is 43.2 Å². The predicted octanol–water partition coefficient (Wildman–Crippen LogP) is 7.03. The summed E-state index contributed by atoms with van der Waals surface area (Å²) in [5.41, 5.74) is 11.3. The molecule has 9 rings (SSSR count). The fraction of sp³-hybridized carbons (Fsp3) is 0.356. The fourth-order valence-electron chi connectivity index (χ4n) is 7.86. The summed E-state index contributed by atoms with van der Waals surface area (Å²) < 4.78 is 11.0. The molecule has 0 saturated carbocycles. The van der Waals surface area contributed by atoms with Gasteiger partial charge in [0, 0.05) is 49.6 Å². The number of nitrogens with two attached hydrogens (primary N) is 1. The number of anilines is 2. The zero-order valence-electron chi connectivity index (χ0n) is 33.0. The number of carbonyl (C=O) groups excluding carboxylic acids is 1. The van der Waals surface area contributed by atoms with E-state index < -0.39 is 6.09 Å². The number of hydrogen-bond donors (Lipinski definition) is 4. The third-order valence-electron chi connectivity index (χ3n) is 11.0. The topological polar surface area (TPSA) is 172 Å². The molecule has 3 atom stereocenters. The zero-order chi connectivity index (χ0) is 40.2. The number of aromatic hydroxyl groups is 2. The van der Waals surface area contributed by atoms with Crippen molar-refractivity contribution in [2.75, 3.05) is 49.2 Å². The maximum Gasteiger partial charge on any atom is 0.407 e. The molecule has 6 aromatic rings. The number of alkyl carbamates (subject to hydrolysis) is 1. The van der Waals surface area contributed by atoms with Crippen LogP contribution >= 0.6 is 0 Å². The maximum atomic E-state index is 12.4. The predicted molar refractivity (Wildman–Crippen MR) is 226 cm³/mol. The minimum atomic E-state index is -0.404. The molecule has 1 unspecified atom stereocenters. The van der Waals surface area contributed by atoms with E-state index in [4.69, 9.17) is 30.2 Å². The summed E-state index contributed by atoms with van der Waals surface area (Å²) in [4.78, 5) is 35.8. The molecule has 5 N–H and O–H groups in total. The van der Waals surface area contributed by atoms with Crippen molar-refractivity contribution in [2.24, 2.45) is 5.73 Å². The molecule has 1 amide bonds. The van der Waals surface area contributed by atoms with Crippen LogP contribution in [0, 0.1) is 13.8 Å². The van der Waals surface area contributed by atoms with Gasteiger partial charge in [-0.05, 0) is 106 Å². The molecule has 4 aromatic carbocycles. The molecule has 3 aliphatic heterocycles. The van der Waals surface area contributed by atoms with Gasteiger partial charge in [0.2, 0.25) is 0 Å². The summed E-state index contributed by atoms with van der Waals surface area (Å²) in [7, 11) is 0. The highest BCUT2D eigenvalue weighted by Crippen LogP contribution is 2.35. The third kappa shape index (κ3) is 8.75. The van der Waals surface area contributed by atoms with E-state index in [9.17, 15) is 15.0 Å². The van der Waals surface area contributed by atoms with E-state index in [0.29, 0.717) is 35.9 Å². The van der Waals surface area contributed by atoms with Gasteiger partial charge in [-0.3, -0.25) is 0 Å². The minimum absolute atomic E-state index is 0.00300. The maximum absolute atomic E-state index is 12.4. The largest absolute Gasteiger partial charge is 0.507 e. The first-order chi connectivity index (χ1) is 28.2. The first-order valence-corrected chi connectivity index (χ1v) is 20.1. The number of nitrogens with one attached hydrogen (secondary N) is 1. The highest BCUT2D eigenvalue weighted by molar-refractivity contribution is 5.93. The molecule has 3 aliphatic rings. The van der Waals surface area contributed by atoms with Crippen LogP contribution in [-0.4, -0.2) is 93.8 Å². The highest BCUT2D eigenvalue weighted by Gasteiger charge is 2.28. The second-order valence-electron chi connectivity index (χ2n) is 15.5. The minimum Gasteiger partial charge on any atom is -0.507 e. The summed E-state index contributed by atoms with van der Waals surface area (Å²) in [6.07, 6.45) is 4.47. The number of benzene rings is 4. The molecule has 0 aliphatic carbocycles. The van der Waals surface area contributed by atoms with Crippen molar-refractivity contribution >= 4 is 39.5 Å². The van der Waals surface area contributed by atoms with E-state index in [-0.39, 0.29) is 29.7 Å². The summed E-state index contributed by atoms with van der Waals surface area (Å²) in [6, 6.07) is 26.7. The number of rotatable bonds is 7. The number of aryl methyl sites for hydroxylation is 2. The van der Waals surface area contributed by atoms with Crippen molar-refractivity contribution in [3.05, 3.63) is 96.1 Å². The Morgan fingerprint density at radius 1 is 0.759 bits per heavy atom. The number of phenols is 2. The van der Waals surface area contributed by atoms with Crippen molar-refractivity contribution in [2.45, 2.75) is 64.1 Å². The van der Waals surface area contributed by atoms with Gasteiger partial charge >= 0.3 is 6.09 Å². The second-order valence-corrected chi connectivity index (χ2v) is 15.5. The molecule has 0 spiro atoms. The first-order valence-electron chi connectivity index (χ1n) is 20.1. The third-order valence-corrected chi connectivity index (χ3v) is 11.0. The number of para-hydroxylation sites is 2. The lowest BCUT2D eigenvalue weighted by Gasteiger charge is -2.23. The van der Waals surface area contributed by atoms with Crippen LogP contribution in [0.15, 0.2) is 84.9 Å². The van der Waals surface area contributed by atoms with E-state index >= 15 is 0 Å². The molecular formula is C45H50N8O5. The second kappa shape index (κ2) is 17.2. The van der Waals surface area contributed by atoms with Gasteiger partial charge in [0.25, 0.3) is 0 Å². The number of carbonyl (C=O) groups is 1. The molecule has 300 valence electrons. The van der Waals surface area contributed by atoms with Crippen molar-refractivity contribution in [1.82, 2.24) is 25.3 Å². The van der Waals surface area contributed by atoms with Crippen LogP contribution in [0.5, 0.6) is 11.5 Å². The lowest BCUT2D eigenvalue weighted by molar-refractivity contribution is -0.0226. The van der Waals surface area contributed by atoms with Crippen LogP contribution in [-0.2, 0) is 9.47 Å². The van der Waals surface area contributed by atoms with E-state index in [1.54, 1.807) is 24.3 Å². The molecule has 3 saturated heterocycles. The summed E-state index contributed by atoms with van der Waals surface area (Å²) in [5, 5.41) is 25.5. The summed E-state index contributed by atoms with van der Waals surface area (Å²) in [5.74, 6) is 3.05. The number of phenolic OH excluding ortho intramolecular Hbond substituents is 2. The number of ether oxygens (including phenoxy) is 2. The monoisotopic (exact) mass is 782 g/mol. The Bertz CT molecular complexity index is 2420. The number of amides is 1. The number of aromatic nitrogens is 4. The zero-order valence-corrected chi connectivity index (χ0v) is 33.0. The van der Waals surface area contributed by atoms with Crippen LogP contribution in [0.3, 0.4) is 0 Å². The Morgan fingerprint density at radius 3 is 1.86 bits per heavy atom. The van der Waals surface area contributed by atoms with Crippen molar-refractivity contribution in [3.8, 4) is 34.3 Å². The Balaban J connectivity index is 0.000000172. The number of nitrogens with zero attached hydrogens (tertiary/aromatic N) is 6. The van der Waals surface area contributed by atoms with Gasteiger partial charge in [0.1, 0.15) is 29.7 Å². The molecule has 58 heavy (non-hydrogen) atoms. The fourth-order valence-corrected chi connectivity index (χ4v) is 7.86. The standard InChI is InChI=1S/C26H30N4O4.C19H20N4O/c1-17-9-10-20-22(14-17)28-24(21-7-2-3-8-23(21)31)29-25(20)30-12-11-18(15-30)27-26(32)34-16-19-6-4-5-13-33-19;1-12-6-7-14-16(10-12)21-18(15-4-2-3-5-17(15)24)22-19(14)23-9-8-13(20)11-23/h2-3,7-10,14,18-19,31H,4-6,11-13,15-16H2,1H3,(H,27,32);2-7,10,13,24H,8-9,11,20H2,1H3/t18-,19?;13-/m11/s1. The van der Waals surface area contributed by atoms with Gasteiger partial charge in [-0.2, -0.15) is 0 Å². The molecule has 0 radical (unpaired) electrons. The van der Waals surface area contributed by atoms with Gasteiger partial charge < -0.3 is 40.5 Å². The summed E-state index contributed by atoms with van der Waals surface area (Å²) in [6.45, 7) is 8.16. The van der Waals surface area contributed by atoms with Crippen molar-refractivity contribution in [3.63, 3.8) is 0 Å². The van der Waals surface area contributed by atoms with E-state index in [0.717, 1.165) is 103 Å². The first kappa shape index (κ1) is 38.8. The smallest absolute Gasteiger partial charge is 0.407 e. The Hall–Kier alpha value is -6.05. The van der Waals surface area contributed by atoms with E-state index in [2.05, 4.69) is 38.3 Å². The Kier molecular flexibility index (Phi) is 11.5. The van der Waals surface area contributed by atoms with Gasteiger partial charge in [-0.25, -0.2) is 24.7 Å². The highest BCUT2D eigenvalue weighted by atomic mass is 16.6. The lowest BCUT2D eigenvalue weighted by atomic mass is 10.1. The van der Waals surface area contributed by atoms with Crippen LogP contribution in [0.2, 0.25) is 0 Å². The molecule has 13 nitrogen and oxygen atoms in total. The molecule has 2 aromatic heterocycles. The summed E-state index contributed by atoms with van der Waals surface area (Å²) >= 11 is 0. The van der Waals surface area contributed by atoms with Crippen LogP contribution in [0.25, 0.3) is 44.6 Å². The quantitative estimate of drug-likeness (QED) is 0.131. The average molecular weight is 783 g/mol. The van der Waals surface area contributed by atoms with Gasteiger partial charge in [0.05, 0.1) is 34.3 Å². The molecule has 3 fully saturated rings. The number of fused-ring (bicyclic) bond motifs is 2. The van der Waals surface area contributed by atoms with Crippen LogP contribution < -0.4 is 20.9 Å². The molecule has 13 heteroatoms. The van der Waals surface area contributed by atoms with Gasteiger partial charge in [-0.15, -0.1) is 0 Å². The van der Waals surface area contributed by atoms with Crippen LogP contribution in [0.4, 0.5) is 16.4 Å². The van der Waals surface area contributed by atoms with Gasteiger partial charge in [-0.1, -0.05) is 36.4 Å². The molecule has 0 bridgehead atoms. The van der Waals surface area contributed by atoms with Gasteiger partial charge in [0.15, 0.2) is 11.6 Å². The Labute approximate surface area is 337 Å². The molecular weight excluding hydrogens is 733 g/mol. The Morgan fingerprint density at radius 2 is 1.33 bits per heavy atom.